The summed E-state index contributed by atoms with van der Waals surface area (Å²) in [6.07, 6.45) is 1.40. The summed E-state index contributed by atoms with van der Waals surface area (Å²) < 4.78 is 10.6. The summed E-state index contributed by atoms with van der Waals surface area (Å²) in [5.74, 6) is -2.46. The lowest BCUT2D eigenvalue weighted by Gasteiger charge is -2.12. The van der Waals surface area contributed by atoms with Crippen molar-refractivity contribution in [3.63, 3.8) is 0 Å². The molecule has 0 saturated heterocycles. The van der Waals surface area contributed by atoms with E-state index in [0.717, 1.165) is 0 Å². The molecule has 0 atom stereocenters. The van der Waals surface area contributed by atoms with E-state index in [9.17, 15) is 19.5 Å². The zero-order valence-corrected chi connectivity index (χ0v) is 13.5. The normalized spacial score (nSPS) is 12.5. The summed E-state index contributed by atoms with van der Waals surface area (Å²) in [6, 6.07) is 8.91. The van der Waals surface area contributed by atoms with Crippen LogP contribution in [0, 0.1) is 6.92 Å². The molecule has 2 aromatic heterocycles. The van der Waals surface area contributed by atoms with Crippen LogP contribution in [0.2, 0.25) is 0 Å². The van der Waals surface area contributed by atoms with Crippen molar-refractivity contribution in [3.8, 4) is 11.5 Å². The zero-order valence-electron chi connectivity index (χ0n) is 13.5. The second-order valence-electron chi connectivity index (χ2n) is 5.65. The highest BCUT2D eigenvalue weighted by Gasteiger charge is 2.39. The Bertz CT molecular complexity index is 1100. The largest absolute Gasteiger partial charge is 0.504 e. The molecule has 2 heterocycles. The molecule has 3 aromatic rings. The Morgan fingerprint density at radius 1 is 1.12 bits per heavy atom. The summed E-state index contributed by atoms with van der Waals surface area (Å²) in [5, 5.41) is 9.76. The fourth-order valence-electron chi connectivity index (χ4n) is 2.87. The highest BCUT2D eigenvalue weighted by Crippen LogP contribution is 2.34. The number of phenols is 1. The molecule has 1 aliphatic carbocycles. The minimum Gasteiger partial charge on any atom is -0.504 e. The molecular weight excluding hydrogens is 338 g/mol. The van der Waals surface area contributed by atoms with Gasteiger partial charge in [-0.05, 0) is 31.2 Å². The van der Waals surface area contributed by atoms with Gasteiger partial charge in [0.25, 0.3) is 0 Å². The fourth-order valence-corrected chi connectivity index (χ4v) is 2.87. The first-order valence-electron chi connectivity index (χ1n) is 7.67. The third-order valence-electron chi connectivity index (χ3n) is 4.06. The van der Waals surface area contributed by atoms with Crippen molar-refractivity contribution >= 4 is 17.5 Å². The molecule has 26 heavy (non-hydrogen) atoms. The van der Waals surface area contributed by atoms with E-state index in [1.807, 2.05) is 0 Å². The van der Waals surface area contributed by atoms with Gasteiger partial charge in [0, 0.05) is 6.20 Å². The molecule has 7 nitrogen and oxygen atoms in total. The van der Waals surface area contributed by atoms with Crippen molar-refractivity contribution in [1.29, 1.82) is 0 Å². The van der Waals surface area contributed by atoms with Crippen molar-refractivity contribution in [2.24, 2.45) is 0 Å². The maximum atomic E-state index is 12.8. The van der Waals surface area contributed by atoms with Crippen molar-refractivity contribution in [3.05, 3.63) is 76.5 Å². The van der Waals surface area contributed by atoms with Crippen LogP contribution in [-0.2, 0) is 0 Å². The van der Waals surface area contributed by atoms with Crippen LogP contribution in [0.4, 0.5) is 0 Å². The van der Waals surface area contributed by atoms with Gasteiger partial charge in [0.15, 0.2) is 23.0 Å². The van der Waals surface area contributed by atoms with Gasteiger partial charge >= 0.3 is 5.97 Å². The number of aromatic hydroxyl groups is 1. The molecule has 0 unspecified atom stereocenters. The predicted molar refractivity (Wildman–Crippen MR) is 87.6 cm³/mol. The SMILES string of the molecule is Cc1oc2c(c1C(=O)Oc1ccccc1O)C(=O)c1cccnc1C2=O. The second-order valence-corrected chi connectivity index (χ2v) is 5.65. The topological polar surface area (TPSA) is 107 Å². The number of nitrogens with zero attached hydrogens (tertiary/aromatic N) is 1. The van der Waals surface area contributed by atoms with E-state index in [0.29, 0.717) is 0 Å². The van der Waals surface area contributed by atoms with Crippen molar-refractivity contribution < 1.29 is 28.6 Å². The molecule has 0 amide bonds. The molecule has 0 radical (unpaired) electrons. The molecule has 0 bridgehead atoms. The van der Waals surface area contributed by atoms with E-state index in [2.05, 4.69) is 4.98 Å². The summed E-state index contributed by atoms with van der Waals surface area (Å²) in [7, 11) is 0. The Morgan fingerprint density at radius 2 is 1.88 bits per heavy atom. The number of pyridine rings is 1. The average molecular weight is 349 g/mol. The molecule has 1 N–H and O–H groups in total. The zero-order chi connectivity index (χ0) is 18.4. The summed E-state index contributed by atoms with van der Waals surface area (Å²) in [5.41, 5.74) is -0.202. The van der Waals surface area contributed by atoms with E-state index in [1.54, 1.807) is 12.1 Å². The Hall–Kier alpha value is -3.74. The number of fused-ring (bicyclic) bond motifs is 2. The van der Waals surface area contributed by atoms with Crippen LogP contribution < -0.4 is 4.74 Å². The first-order valence-corrected chi connectivity index (χ1v) is 7.67. The van der Waals surface area contributed by atoms with E-state index >= 15 is 0 Å². The van der Waals surface area contributed by atoms with E-state index in [4.69, 9.17) is 9.15 Å². The maximum Gasteiger partial charge on any atom is 0.348 e. The van der Waals surface area contributed by atoms with Crippen molar-refractivity contribution in [2.75, 3.05) is 0 Å². The van der Waals surface area contributed by atoms with Crippen LogP contribution in [0.3, 0.4) is 0 Å². The van der Waals surface area contributed by atoms with Crippen LogP contribution in [0.1, 0.15) is 48.3 Å². The first-order chi connectivity index (χ1) is 12.5. The number of carbonyl (C=O) groups excluding carboxylic acids is 3. The van der Waals surface area contributed by atoms with Crippen molar-refractivity contribution in [2.45, 2.75) is 6.92 Å². The molecule has 128 valence electrons. The number of para-hydroxylation sites is 2. The molecule has 1 aliphatic rings. The molecule has 0 aliphatic heterocycles. The van der Waals surface area contributed by atoms with E-state index in [1.165, 1.54) is 37.4 Å². The Morgan fingerprint density at radius 3 is 2.65 bits per heavy atom. The van der Waals surface area contributed by atoms with Crippen LogP contribution >= 0.6 is 0 Å². The standard InChI is InChI=1S/C19H11NO6/c1-9-13(19(24)26-12-7-3-2-6-11(12)21)14-16(22)10-5-4-8-20-15(10)17(23)18(14)25-9/h2-8,21H,1H3. The van der Waals surface area contributed by atoms with E-state index in [-0.39, 0.29) is 45.4 Å². The Balaban J connectivity index is 1.82. The number of hydrogen-bond acceptors (Lipinski definition) is 7. The summed E-state index contributed by atoms with van der Waals surface area (Å²) in [6.45, 7) is 1.46. The van der Waals surface area contributed by atoms with Crippen LogP contribution in [0.25, 0.3) is 0 Å². The number of hydrogen-bond donors (Lipinski definition) is 1. The minimum absolute atomic E-state index is 0.0145. The van der Waals surface area contributed by atoms with Gasteiger partial charge in [-0.2, -0.15) is 0 Å². The van der Waals surface area contributed by atoms with Gasteiger partial charge in [-0.15, -0.1) is 0 Å². The summed E-state index contributed by atoms with van der Waals surface area (Å²) >= 11 is 0. The lowest BCUT2D eigenvalue weighted by atomic mass is 9.89. The quantitative estimate of drug-likeness (QED) is 0.438. The van der Waals surface area contributed by atoms with Gasteiger partial charge in [-0.25, -0.2) is 4.79 Å². The van der Waals surface area contributed by atoms with Crippen molar-refractivity contribution in [1.82, 2.24) is 4.98 Å². The lowest BCUT2D eigenvalue weighted by Crippen LogP contribution is -2.23. The highest BCUT2D eigenvalue weighted by molar-refractivity contribution is 6.29. The van der Waals surface area contributed by atoms with Gasteiger partial charge in [-0.1, -0.05) is 12.1 Å². The van der Waals surface area contributed by atoms with Gasteiger partial charge in [-0.3, -0.25) is 14.6 Å². The number of aryl methyl sites for hydroxylation is 1. The van der Waals surface area contributed by atoms with Crippen LogP contribution in [0.15, 0.2) is 47.0 Å². The molecule has 0 saturated carbocycles. The molecule has 4 rings (SSSR count). The van der Waals surface area contributed by atoms with Gasteiger partial charge in [0.2, 0.25) is 5.78 Å². The molecule has 0 fully saturated rings. The number of furan rings is 1. The van der Waals surface area contributed by atoms with E-state index < -0.39 is 17.5 Å². The number of rotatable bonds is 2. The number of ketones is 2. The van der Waals surface area contributed by atoms with Gasteiger partial charge in [0.05, 0.1) is 11.1 Å². The maximum absolute atomic E-state index is 12.8. The third kappa shape index (κ3) is 2.21. The lowest BCUT2D eigenvalue weighted by molar-refractivity contribution is 0.0724. The first kappa shape index (κ1) is 15.8. The Kier molecular flexibility index (Phi) is 3.43. The molecular formula is C19H11NO6. The predicted octanol–water partition coefficient (Wildman–Crippen LogP) is 2.68. The minimum atomic E-state index is -0.900. The smallest absolute Gasteiger partial charge is 0.348 e. The number of ether oxygens (including phenoxy) is 1. The second kappa shape index (κ2) is 5.66. The average Bonchev–Trinajstić information content (AvgIpc) is 2.99. The van der Waals surface area contributed by atoms with Crippen LogP contribution in [-0.4, -0.2) is 27.6 Å². The fraction of sp³-hybridized carbons (Fsp3) is 0.0526. The molecule has 0 spiro atoms. The molecule has 1 aromatic carbocycles. The third-order valence-corrected chi connectivity index (χ3v) is 4.06. The number of phenolic OH excluding ortho intramolecular Hbond substituents is 1. The van der Waals surface area contributed by atoms with Crippen LogP contribution in [0.5, 0.6) is 11.5 Å². The van der Waals surface area contributed by atoms with Gasteiger partial charge < -0.3 is 14.3 Å². The highest BCUT2D eigenvalue weighted by atomic mass is 16.5. The Labute approximate surface area is 146 Å². The number of carbonyl (C=O) groups is 3. The number of esters is 1. The summed E-state index contributed by atoms with van der Waals surface area (Å²) in [4.78, 5) is 41.9. The molecule has 7 heteroatoms. The number of aromatic nitrogens is 1. The van der Waals surface area contributed by atoms with Gasteiger partial charge in [0.1, 0.15) is 17.0 Å². The number of benzene rings is 1. The monoisotopic (exact) mass is 349 g/mol.